The molecule has 136 valence electrons. The number of benzene rings is 1. The minimum Gasteiger partial charge on any atom is -0.380 e. The first-order valence-corrected chi connectivity index (χ1v) is 9.29. The lowest BCUT2D eigenvalue weighted by Gasteiger charge is -2.23. The van der Waals surface area contributed by atoms with E-state index in [0.717, 1.165) is 25.1 Å². The summed E-state index contributed by atoms with van der Waals surface area (Å²) in [4.78, 5) is 19.1. The highest BCUT2D eigenvalue weighted by Crippen LogP contribution is 2.54. The van der Waals surface area contributed by atoms with Gasteiger partial charge in [0.15, 0.2) is 0 Å². The summed E-state index contributed by atoms with van der Waals surface area (Å²) in [6.07, 6.45) is 4.51. The van der Waals surface area contributed by atoms with Crippen LogP contribution < -0.4 is 5.32 Å². The highest BCUT2D eigenvalue weighted by Gasteiger charge is 2.54. The summed E-state index contributed by atoms with van der Waals surface area (Å²) < 4.78 is 5.50. The quantitative estimate of drug-likeness (QED) is 0.884. The Morgan fingerprint density at radius 3 is 3.08 bits per heavy atom. The van der Waals surface area contributed by atoms with E-state index in [9.17, 15) is 4.79 Å². The third-order valence-electron chi connectivity index (χ3n) is 6.23. The molecular weight excluding hydrogens is 330 g/mol. The van der Waals surface area contributed by atoms with Crippen molar-refractivity contribution in [3.63, 3.8) is 0 Å². The Kier molecular flexibility index (Phi) is 3.70. The number of nitrogens with one attached hydrogen (secondary N) is 2. The summed E-state index contributed by atoms with van der Waals surface area (Å²) in [5.74, 6) is 1.75. The Morgan fingerprint density at radius 1 is 1.38 bits per heavy atom. The highest BCUT2D eigenvalue weighted by molar-refractivity contribution is 5.76. The molecule has 1 aromatic heterocycles. The molecule has 2 amide bonds. The molecule has 2 aliphatic carbocycles. The van der Waals surface area contributed by atoms with Crippen molar-refractivity contribution in [1.82, 2.24) is 25.4 Å². The molecule has 0 spiro atoms. The van der Waals surface area contributed by atoms with Crippen molar-refractivity contribution in [3.05, 3.63) is 47.5 Å². The van der Waals surface area contributed by atoms with Crippen LogP contribution in [0.25, 0.3) is 0 Å². The van der Waals surface area contributed by atoms with E-state index in [1.54, 1.807) is 7.11 Å². The highest BCUT2D eigenvalue weighted by atomic mass is 16.5. The minimum atomic E-state index is -0.115. The maximum atomic E-state index is 13.0. The SMILES string of the molecule is CO[C@@H]1C[C@@H](c2ncn[nH]2)N(C(=O)NC2C3CCc4ccccc4C32)C1. The van der Waals surface area contributed by atoms with Gasteiger partial charge in [0, 0.05) is 32.0 Å². The number of amides is 2. The molecule has 2 aromatic rings. The molecule has 5 atom stereocenters. The van der Waals surface area contributed by atoms with Crippen LogP contribution >= 0.6 is 0 Å². The fourth-order valence-corrected chi connectivity index (χ4v) is 4.82. The van der Waals surface area contributed by atoms with Crippen molar-refractivity contribution in [1.29, 1.82) is 0 Å². The maximum Gasteiger partial charge on any atom is 0.318 e. The van der Waals surface area contributed by atoms with E-state index < -0.39 is 0 Å². The molecule has 3 aliphatic rings. The van der Waals surface area contributed by atoms with E-state index in [1.165, 1.54) is 17.5 Å². The summed E-state index contributed by atoms with van der Waals surface area (Å²) >= 11 is 0. The average Bonchev–Trinajstić information content (AvgIpc) is 3.07. The van der Waals surface area contributed by atoms with Gasteiger partial charge in [0.1, 0.15) is 12.2 Å². The fourth-order valence-electron chi connectivity index (χ4n) is 4.82. The van der Waals surface area contributed by atoms with Gasteiger partial charge in [-0.15, -0.1) is 0 Å². The number of nitrogens with zero attached hydrogens (tertiary/aromatic N) is 3. The van der Waals surface area contributed by atoms with Gasteiger partial charge in [-0.1, -0.05) is 24.3 Å². The number of likely N-dealkylation sites (tertiary alicyclic amines) is 1. The largest absolute Gasteiger partial charge is 0.380 e. The van der Waals surface area contributed by atoms with Crippen LogP contribution in [-0.2, 0) is 11.2 Å². The number of methoxy groups -OCH3 is 1. The fraction of sp³-hybridized carbons (Fsp3) is 0.526. The molecule has 2 fully saturated rings. The van der Waals surface area contributed by atoms with Crippen LogP contribution in [-0.4, -0.2) is 51.9 Å². The van der Waals surface area contributed by atoms with Gasteiger partial charge in [0.25, 0.3) is 0 Å². The molecule has 7 nitrogen and oxygen atoms in total. The molecule has 2 N–H and O–H groups in total. The first-order chi connectivity index (χ1) is 12.8. The Balaban J connectivity index is 1.32. The van der Waals surface area contributed by atoms with Crippen molar-refractivity contribution in [2.24, 2.45) is 5.92 Å². The van der Waals surface area contributed by atoms with Crippen LogP contribution in [0.4, 0.5) is 4.79 Å². The van der Waals surface area contributed by atoms with Crippen molar-refractivity contribution >= 4 is 6.03 Å². The number of fused-ring (bicyclic) bond motifs is 3. The van der Waals surface area contributed by atoms with E-state index in [4.69, 9.17) is 4.74 Å². The second-order valence-corrected chi connectivity index (χ2v) is 7.53. The molecule has 5 rings (SSSR count). The molecule has 1 aromatic carbocycles. The van der Waals surface area contributed by atoms with Gasteiger partial charge in [0.2, 0.25) is 0 Å². The molecular formula is C19H23N5O2. The third kappa shape index (κ3) is 2.49. The number of carbonyl (C=O) groups is 1. The number of hydrogen-bond donors (Lipinski definition) is 2. The number of aryl methyl sites for hydroxylation is 1. The normalized spacial score (nSPS) is 32.0. The molecule has 0 bridgehead atoms. The zero-order valence-electron chi connectivity index (χ0n) is 14.8. The van der Waals surface area contributed by atoms with Crippen LogP contribution in [0.2, 0.25) is 0 Å². The molecule has 1 aliphatic heterocycles. The molecule has 2 heterocycles. The molecule has 1 saturated carbocycles. The lowest BCUT2D eigenvalue weighted by molar-refractivity contribution is 0.110. The Morgan fingerprint density at radius 2 is 2.27 bits per heavy atom. The van der Waals surface area contributed by atoms with E-state index in [2.05, 4.69) is 44.8 Å². The van der Waals surface area contributed by atoms with Crippen molar-refractivity contribution in [2.75, 3.05) is 13.7 Å². The van der Waals surface area contributed by atoms with Crippen LogP contribution in [0, 0.1) is 5.92 Å². The van der Waals surface area contributed by atoms with Crippen LogP contribution in [0.3, 0.4) is 0 Å². The number of hydrogen-bond acceptors (Lipinski definition) is 4. The first-order valence-electron chi connectivity index (χ1n) is 9.29. The van der Waals surface area contributed by atoms with Crippen LogP contribution in [0.5, 0.6) is 0 Å². The van der Waals surface area contributed by atoms with Crippen molar-refractivity contribution in [3.8, 4) is 0 Å². The second kappa shape index (κ2) is 6.09. The Labute approximate surface area is 152 Å². The number of H-pyrrole nitrogens is 1. The Bertz CT molecular complexity index is 808. The third-order valence-corrected chi connectivity index (χ3v) is 6.23. The summed E-state index contributed by atoms with van der Waals surface area (Å²) in [5.41, 5.74) is 2.85. The van der Waals surface area contributed by atoms with Crippen LogP contribution in [0.15, 0.2) is 30.6 Å². The number of aromatic amines is 1. The number of ether oxygens (including phenoxy) is 1. The smallest absolute Gasteiger partial charge is 0.318 e. The van der Waals surface area contributed by atoms with E-state index in [0.29, 0.717) is 18.4 Å². The van der Waals surface area contributed by atoms with Crippen LogP contribution in [0.1, 0.15) is 41.8 Å². The van der Waals surface area contributed by atoms with Gasteiger partial charge in [0.05, 0.1) is 12.1 Å². The van der Waals surface area contributed by atoms with Crippen molar-refractivity contribution < 1.29 is 9.53 Å². The number of aromatic nitrogens is 3. The minimum absolute atomic E-state index is 0.0252. The van der Waals surface area contributed by atoms with Gasteiger partial charge >= 0.3 is 6.03 Å². The van der Waals surface area contributed by atoms with E-state index in [-0.39, 0.29) is 24.2 Å². The lowest BCUT2D eigenvalue weighted by atomic mass is 9.92. The standard InChI is InChI=1S/C19H23N5O2/c1-26-12-8-15(18-20-10-21-23-18)24(9-12)19(25)22-17-14-7-6-11-4-2-3-5-13(11)16(14)17/h2-5,10,12,14-17H,6-9H2,1H3,(H,22,25)(H,20,21,23)/t12-,14?,15+,16?,17?/m1/s1. The Hall–Kier alpha value is -2.41. The van der Waals surface area contributed by atoms with Gasteiger partial charge in [-0.25, -0.2) is 9.78 Å². The number of urea groups is 1. The monoisotopic (exact) mass is 353 g/mol. The zero-order valence-corrected chi connectivity index (χ0v) is 14.8. The van der Waals surface area contributed by atoms with E-state index in [1.807, 2.05) is 4.90 Å². The summed E-state index contributed by atoms with van der Waals surface area (Å²) in [6, 6.07) is 8.73. The van der Waals surface area contributed by atoms with Gasteiger partial charge in [-0.2, -0.15) is 5.10 Å². The second-order valence-electron chi connectivity index (χ2n) is 7.53. The molecule has 0 radical (unpaired) electrons. The van der Waals surface area contributed by atoms with Crippen molar-refractivity contribution in [2.45, 2.75) is 43.4 Å². The summed E-state index contributed by atoms with van der Waals surface area (Å²) in [5, 5.41) is 10.1. The number of rotatable bonds is 3. The van der Waals surface area contributed by atoms with Gasteiger partial charge < -0.3 is 15.0 Å². The predicted molar refractivity (Wildman–Crippen MR) is 94.6 cm³/mol. The molecule has 3 unspecified atom stereocenters. The van der Waals surface area contributed by atoms with E-state index >= 15 is 0 Å². The molecule has 1 saturated heterocycles. The lowest BCUT2D eigenvalue weighted by Crippen LogP contribution is -2.42. The number of carbonyl (C=O) groups excluding carboxylic acids is 1. The predicted octanol–water partition coefficient (Wildman–Crippen LogP) is 2.00. The molecule has 7 heteroatoms. The maximum absolute atomic E-state index is 13.0. The summed E-state index contributed by atoms with van der Waals surface area (Å²) in [6.45, 7) is 0.576. The first kappa shape index (κ1) is 15.8. The topological polar surface area (TPSA) is 83.1 Å². The van der Waals surface area contributed by atoms with Gasteiger partial charge in [-0.05, 0) is 29.9 Å². The zero-order chi connectivity index (χ0) is 17.7. The average molecular weight is 353 g/mol. The summed E-state index contributed by atoms with van der Waals surface area (Å²) in [7, 11) is 1.69. The molecule has 26 heavy (non-hydrogen) atoms. The van der Waals surface area contributed by atoms with Gasteiger partial charge in [-0.3, -0.25) is 5.10 Å².